The third-order valence-corrected chi connectivity index (χ3v) is 2.86. The molecule has 5 heteroatoms. The standard InChI is InChI=1S/C14H10ClFN2O/c15-11-3-1-10(6-13(11)18)8-19-14-4-2-9(7-17)5-12(14)16/h1-6H,8,18H2. The van der Waals surface area contributed by atoms with Crippen molar-refractivity contribution in [2.45, 2.75) is 6.61 Å². The van der Waals surface area contributed by atoms with Gasteiger partial charge in [0.15, 0.2) is 11.6 Å². The maximum Gasteiger partial charge on any atom is 0.166 e. The number of nitrogens with two attached hydrogens (primary N) is 1. The summed E-state index contributed by atoms with van der Waals surface area (Å²) in [7, 11) is 0. The van der Waals surface area contributed by atoms with Crippen LogP contribution in [0.3, 0.4) is 0 Å². The fourth-order valence-corrected chi connectivity index (χ4v) is 1.65. The maximum absolute atomic E-state index is 13.6. The van der Waals surface area contributed by atoms with Gasteiger partial charge in [-0.1, -0.05) is 17.7 Å². The van der Waals surface area contributed by atoms with Crippen LogP contribution in [0.5, 0.6) is 5.75 Å². The van der Waals surface area contributed by atoms with E-state index in [1.165, 1.54) is 12.1 Å². The monoisotopic (exact) mass is 276 g/mol. The Bertz CT molecular complexity index is 652. The molecule has 2 rings (SSSR count). The minimum Gasteiger partial charge on any atom is -0.486 e. The van der Waals surface area contributed by atoms with E-state index in [2.05, 4.69) is 0 Å². The minimum atomic E-state index is -0.569. The summed E-state index contributed by atoms with van der Waals surface area (Å²) in [6.45, 7) is 0.171. The van der Waals surface area contributed by atoms with Crippen molar-refractivity contribution in [3.05, 3.63) is 58.4 Å². The molecule has 0 saturated heterocycles. The number of nitriles is 1. The molecule has 0 aliphatic heterocycles. The third kappa shape index (κ3) is 3.15. The van der Waals surface area contributed by atoms with Gasteiger partial charge in [-0.3, -0.25) is 0 Å². The first-order valence-corrected chi connectivity index (χ1v) is 5.84. The van der Waals surface area contributed by atoms with E-state index in [1.807, 2.05) is 6.07 Å². The molecule has 0 atom stereocenters. The first-order valence-electron chi connectivity index (χ1n) is 5.46. The molecule has 0 unspecified atom stereocenters. The highest BCUT2D eigenvalue weighted by Crippen LogP contribution is 2.22. The Hall–Kier alpha value is -2.25. The summed E-state index contributed by atoms with van der Waals surface area (Å²) in [4.78, 5) is 0. The number of anilines is 1. The van der Waals surface area contributed by atoms with Gasteiger partial charge in [0.1, 0.15) is 6.61 Å². The molecule has 2 aromatic carbocycles. The average Bonchev–Trinajstić information content (AvgIpc) is 2.41. The van der Waals surface area contributed by atoms with Gasteiger partial charge in [0, 0.05) is 0 Å². The molecule has 0 aliphatic carbocycles. The second kappa shape index (κ2) is 5.59. The molecule has 3 nitrogen and oxygen atoms in total. The molecule has 0 spiro atoms. The zero-order valence-corrected chi connectivity index (χ0v) is 10.6. The van der Waals surface area contributed by atoms with Gasteiger partial charge in [0.25, 0.3) is 0 Å². The highest BCUT2D eigenvalue weighted by Gasteiger charge is 2.05. The molecule has 0 aromatic heterocycles. The summed E-state index contributed by atoms with van der Waals surface area (Å²) in [5, 5.41) is 9.10. The van der Waals surface area contributed by atoms with Crippen LogP contribution < -0.4 is 10.5 Å². The van der Waals surface area contributed by atoms with Crippen molar-refractivity contribution in [2.24, 2.45) is 0 Å². The molecule has 0 bridgehead atoms. The number of hydrogen-bond donors (Lipinski definition) is 1. The zero-order valence-electron chi connectivity index (χ0n) is 9.86. The highest BCUT2D eigenvalue weighted by atomic mass is 35.5. The van der Waals surface area contributed by atoms with Gasteiger partial charge < -0.3 is 10.5 Å². The highest BCUT2D eigenvalue weighted by molar-refractivity contribution is 6.33. The van der Waals surface area contributed by atoms with Crippen LogP contribution in [0.25, 0.3) is 0 Å². The molecule has 2 N–H and O–H groups in total. The number of benzene rings is 2. The molecule has 19 heavy (non-hydrogen) atoms. The van der Waals surface area contributed by atoms with Crippen LogP contribution in [0, 0.1) is 17.1 Å². The van der Waals surface area contributed by atoms with Crippen LogP contribution in [0.15, 0.2) is 36.4 Å². The van der Waals surface area contributed by atoms with Gasteiger partial charge in [0.2, 0.25) is 0 Å². The molecular formula is C14H10ClFN2O. The summed E-state index contributed by atoms with van der Waals surface area (Å²) < 4.78 is 18.9. The van der Waals surface area contributed by atoms with Crippen molar-refractivity contribution in [3.8, 4) is 11.8 Å². The largest absolute Gasteiger partial charge is 0.486 e. The summed E-state index contributed by atoms with van der Waals surface area (Å²) in [5.41, 5.74) is 7.14. The summed E-state index contributed by atoms with van der Waals surface area (Å²) in [5.74, 6) is -0.478. The minimum absolute atomic E-state index is 0.0903. The van der Waals surface area contributed by atoms with Crippen molar-refractivity contribution in [2.75, 3.05) is 5.73 Å². The number of ether oxygens (including phenoxy) is 1. The molecule has 96 valence electrons. The lowest BCUT2D eigenvalue weighted by molar-refractivity contribution is 0.290. The Kier molecular flexibility index (Phi) is 3.88. The van der Waals surface area contributed by atoms with E-state index >= 15 is 0 Å². The lowest BCUT2D eigenvalue weighted by Crippen LogP contribution is -1.99. The molecule has 0 amide bonds. The Morgan fingerprint density at radius 2 is 2.05 bits per heavy atom. The first-order chi connectivity index (χ1) is 9.10. The van der Waals surface area contributed by atoms with E-state index in [9.17, 15) is 4.39 Å². The van der Waals surface area contributed by atoms with E-state index in [-0.39, 0.29) is 17.9 Å². The molecule has 0 heterocycles. The molecular weight excluding hydrogens is 267 g/mol. The third-order valence-electron chi connectivity index (χ3n) is 2.52. The normalized spacial score (nSPS) is 9.95. The van der Waals surface area contributed by atoms with Crippen LogP contribution in [-0.4, -0.2) is 0 Å². The van der Waals surface area contributed by atoms with E-state index in [0.29, 0.717) is 10.7 Å². The van der Waals surface area contributed by atoms with Gasteiger partial charge in [-0.25, -0.2) is 4.39 Å². The van der Waals surface area contributed by atoms with Crippen LogP contribution >= 0.6 is 11.6 Å². The molecule has 0 saturated carbocycles. The summed E-state index contributed by atoms with van der Waals surface area (Å²) in [6.07, 6.45) is 0. The second-order valence-corrected chi connectivity index (χ2v) is 4.31. The van der Waals surface area contributed by atoms with E-state index in [0.717, 1.165) is 11.6 Å². The van der Waals surface area contributed by atoms with Gasteiger partial charge in [-0.15, -0.1) is 0 Å². The van der Waals surface area contributed by atoms with E-state index < -0.39 is 5.82 Å². The number of hydrogen-bond acceptors (Lipinski definition) is 3. The van der Waals surface area contributed by atoms with Gasteiger partial charge in [-0.05, 0) is 35.9 Å². The van der Waals surface area contributed by atoms with Crippen molar-refractivity contribution in [3.63, 3.8) is 0 Å². The van der Waals surface area contributed by atoms with E-state index in [1.54, 1.807) is 18.2 Å². The maximum atomic E-state index is 13.6. The molecule has 0 aliphatic rings. The lowest BCUT2D eigenvalue weighted by atomic mass is 10.2. The zero-order chi connectivity index (χ0) is 13.8. The van der Waals surface area contributed by atoms with Crippen molar-refractivity contribution < 1.29 is 9.13 Å². The summed E-state index contributed by atoms with van der Waals surface area (Å²) >= 11 is 5.80. The smallest absolute Gasteiger partial charge is 0.166 e. The van der Waals surface area contributed by atoms with Crippen LogP contribution in [0.4, 0.5) is 10.1 Å². The van der Waals surface area contributed by atoms with Crippen LogP contribution in [-0.2, 0) is 6.61 Å². The predicted octanol–water partition coefficient (Wildman–Crippen LogP) is 3.51. The quantitative estimate of drug-likeness (QED) is 0.873. The van der Waals surface area contributed by atoms with Gasteiger partial charge in [-0.2, -0.15) is 5.26 Å². The van der Waals surface area contributed by atoms with Gasteiger partial charge >= 0.3 is 0 Å². The Morgan fingerprint density at radius 1 is 1.26 bits per heavy atom. The lowest BCUT2D eigenvalue weighted by Gasteiger charge is -2.08. The number of halogens is 2. The van der Waals surface area contributed by atoms with Crippen LogP contribution in [0.2, 0.25) is 5.02 Å². The fourth-order valence-electron chi connectivity index (χ4n) is 1.53. The van der Waals surface area contributed by atoms with Crippen molar-refractivity contribution in [1.82, 2.24) is 0 Å². The number of nitrogens with zero attached hydrogens (tertiary/aromatic N) is 1. The average molecular weight is 277 g/mol. The molecule has 0 fully saturated rings. The molecule has 0 radical (unpaired) electrons. The Balaban J connectivity index is 2.10. The Morgan fingerprint density at radius 3 is 2.68 bits per heavy atom. The summed E-state index contributed by atoms with van der Waals surface area (Å²) in [6, 6.07) is 11.0. The second-order valence-electron chi connectivity index (χ2n) is 3.90. The Labute approximate surface area is 115 Å². The van der Waals surface area contributed by atoms with E-state index in [4.69, 9.17) is 27.3 Å². The number of nitrogen functional groups attached to an aromatic ring is 1. The van der Waals surface area contributed by atoms with Crippen LogP contribution in [0.1, 0.15) is 11.1 Å². The fraction of sp³-hybridized carbons (Fsp3) is 0.0714. The van der Waals surface area contributed by atoms with Crippen molar-refractivity contribution in [1.29, 1.82) is 5.26 Å². The molecule has 2 aromatic rings. The topological polar surface area (TPSA) is 59.0 Å². The predicted molar refractivity (Wildman–Crippen MR) is 71.3 cm³/mol. The van der Waals surface area contributed by atoms with Crippen molar-refractivity contribution >= 4 is 17.3 Å². The number of rotatable bonds is 3. The SMILES string of the molecule is N#Cc1ccc(OCc2ccc(Cl)c(N)c2)c(F)c1. The first kappa shape index (κ1) is 13.2. The van der Waals surface area contributed by atoms with Gasteiger partial charge in [0.05, 0.1) is 22.3 Å².